The maximum atomic E-state index is 13.5. The standard InChI is InChI=1S/C24H34ClN3O3/c25-19-8-6-18(7-9-19)24(12-16-31-17-13-24)22(29)26-21-10-14-28(15-11-21)23(30)27-20-4-2-1-3-5-20/h6-9,20-21H,1-5,10-17H2,(H,26,29)(H,27,30). The van der Waals surface area contributed by atoms with E-state index in [-0.39, 0.29) is 18.0 Å². The topological polar surface area (TPSA) is 70.7 Å². The summed E-state index contributed by atoms with van der Waals surface area (Å²) in [5.74, 6) is 0.0724. The lowest BCUT2D eigenvalue weighted by Gasteiger charge is -2.39. The van der Waals surface area contributed by atoms with Crippen molar-refractivity contribution in [2.45, 2.75) is 75.3 Å². The Morgan fingerprint density at radius 3 is 2.16 bits per heavy atom. The molecule has 6 nitrogen and oxygen atoms in total. The van der Waals surface area contributed by atoms with Crippen LogP contribution in [0.5, 0.6) is 0 Å². The van der Waals surface area contributed by atoms with Crippen LogP contribution in [0.2, 0.25) is 5.02 Å². The Morgan fingerprint density at radius 2 is 1.52 bits per heavy atom. The van der Waals surface area contributed by atoms with Crippen molar-refractivity contribution in [3.63, 3.8) is 0 Å². The van der Waals surface area contributed by atoms with Crippen molar-refractivity contribution in [3.05, 3.63) is 34.9 Å². The number of hydrogen-bond donors (Lipinski definition) is 2. The van der Waals surface area contributed by atoms with Gasteiger partial charge in [-0.1, -0.05) is 43.0 Å². The molecule has 3 amide bonds. The minimum absolute atomic E-state index is 0.0544. The van der Waals surface area contributed by atoms with Gasteiger partial charge in [0.05, 0.1) is 5.41 Å². The van der Waals surface area contributed by atoms with Crippen molar-refractivity contribution in [2.75, 3.05) is 26.3 Å². The maximum Gasteiger partial charge on any atom is 0.317 e. The van der Waals surface area contributed by atoms with Crippen molar-refractivity contribution < 1.29 is 14.3 Å². The van der Waals surface area contributed by atoms with Gasteiger partial charge in [0.1, 0.15) is 0 Å². The number of hydrogen-bond acceptors (Lipinski definition) is 3. The van der Waals surface area contributed by atoms with Crippen LogP contribution in [0.1, 0.15) is 63.4 Å². The summed E-state index contributed by atoms with van der Waals surface area (Å²) in [5, 5.41) is 7.17. The highest BCUT2D eigenvalue weighted by Crippen LogP contribution is 2.36. The first-order chi connectivity index (χ1) is 15.1. The van der Waals surface area contributed by atoms with Crippen LogP contribution in [0, 0.1) is 0 Å². The molecule has 0 unspecified atom stereocenters. The zero-order chi connectivity index (χ0) is 21.7. The molecule has 0 bridgehead atoms. The summed E-state index contributed by atoms with van der Waals surface area (Å²) in [7, 11) is 0. The molecule has 7 heteroatoms. The number of nitrogens with one attached hydrogen (secondary N) is 2. The van der Waals surface area contributed by atoms with Gasteiger partial charge in [-0.2, -0.15) is 0 Å². The summed E-state index contributed by atoms with van der Waals surface area (Å²) in [5.41, 5.74) is 0.431. The molecule has 3 fully saturated rings. The van der Waals surface area contributed by atoms with Crippen molar-refractivity contribution in [2.24, 2.45) is 0 Å². The van der Waals surface area contributed by atoms with E-state index in [9.17, 15) is 9.59 Å². The van der Waals surface area contributed by atoms with Crippen LogP contribution >= 0.6 is 11.6 Å². The Balaban J connectivity index is 1.33. The van der Waals surface area contributed by atoms with E-state index in [0.29, 0.717) is 50.2 Å². The maximum absolute atomic E-state index is 13.5. The van der Waals surface area contributed by atoms with Gasteiger partial charge in [0.2, 0.25) is 5.91 Å². The number of amides is 3. The van der Waals surface area contributed by atoms with E-state index in [1.165, 1.54) is 19.3 Å². The molecule has 0 atom stereocenters. The Bertz CT molecular complexity index is 750. The van der Waals surface area contributed by atoms with E-state index in [1.807, 2.05) is 29.2 Å². The van der Waals surface area contributed by atoms with Crippen molar-refractivity contribution in [1.82, 2.24) is 15.5 Å². The molecule has 2 saturated heterocycles. The molecular formula is C24H34ClN3O3. The zero-order valence-electron chi connectivity index (χ0n) is 18.2. The molecule has 0 radical (unpaired) electrons. The number of urea groups is 1. The number of piperidine rings is 1. The molecule has 31 heavy (non-hydrogen) atoms. The van der Waals surface area contributed by atoms with Crippen LogP contribution in [0.3, 0.4) is 0 Å². The second-order valence-electron chi connectivity index (χ2n) is 9.22. The third kappa shape index (κ3) is 5.35. The quantitative estimate of drug-likeness (QED) is 0.732. The molecular weight excluding hydrogens is 414 g/mol. The van der Waals surface area contributed by atoms with E-state index >= 15 is 0 Å². The minimum Gasteiger partial charge on any atom is -0.381 e. The number of nitrogens with zero attached hydrogens (tertiary/aromatic N) is 1. The predicted molar refractivity (Wildman–Crippen MR) is 121 cm³/mol. The molecule has 1 aromatic carbocycles. The molecule has 2 heterocycles. The number of rotatable bonds is 4. The average molecular weight is 448 g/mol. The summed E-state index contributed by atoms with van der Waals surface area (Å²) in [4.78, 5) is 28.0. The molecule has 170 valence electrons. The summed E-state index contributed by atoms with van der Waals surface area (Å²) in [6.07, 6.45) is 8.80. The molecule has 2 N–H and O–H groups in total. The highest BCUT2D eigenvalue weighted by Gasteiger charge is 2.42. The smallest absolute Gasteiger partial charge is 0.317 e. The number of carbonyl (C=O) groups is 2. The molecule has 0 spiro atoms. The van der Waals surface area contributed by atoms with Gasteiger partial charge >= 0.3 is 6.03 Å². The Kier molecular flexibility index (Phi) is 7.39. The summed E-state index contributed by atoms with van der Waals surface area (Å²) >= 11 is 6.07. The lowest BCUT2D eigenvalue weighted by molar-refractivity contribution is -0.131. The van der Waals surface area contributed by atoms with E-state index < -0.39 is 5.41 Å². The van der Waals surface area contributed by atoms with Gasteiger partial charge in [-0.15, -0.1) is 0 Å². The van der Waals surface area contributed by atoms with Gasteiger partial charge < -0.3 is 20.3 Å². The Morgan fingerprint density at radius 1 is 0.903 bits per heavy atom. The lowest BCUT2D eigenvalue weighted by atomic mass is 9.73. The summed E-state index contributed by atoms with van der Waals surface area (Å²) in [6.45, 7) is 2.52. The predicted octanol–water partition coefficient (Wildman–Crippen LogP) is 4.01. The van der Waals surface area contributed by atoms with Crippen LogP contribution in [0.15, 0.2) is 24.3 Å². The SMILES string of the molecule is O=C(NC1CCCCC1)N1CCC(NC(=O)C2(c3ccc(Cl)cc3)CCOCC2)CC1. The van der Waals surface area contributed by atoms with Crippen molar-refractivity contribution >= 4 is 23.5 Å². The fraction of sp³-hybridized carbons (Fsp3) is 0.667. The van der Waals surface area contributed by atoms with Gasteiger partial charge in [-0.05, 0) is 56.2 Å². The van der Waals surface area contributed by atoms with Gasteiger partial charge in [-0.3, -0.25) is 4.79 Å². The molecule has 1 saturated carbocycles. The largest absolute Gasteiger partial charge is 0.381 e. The van der Waals surface area contributed by atoms with E-state index in [2.05, 4.69) is 10.6 Å². The molecule has 1 aliphatic carbocycles. The second kappa shape index (κ2) is 10.2. The number of ether oxygens (including phenoxy) is 1. The Hall–Kier alpha value is -1.79. The minimum atomic E-state index is -0.571. The first-order valence-corrected chi connectivity index (χ1v) is 12.1. The number of likely N-dealkylation sites (tertiary alicyclic amines) is 1. The monoisotopic (exact) mass is 447 g/mol. The van der Waals surface area contributed by atoms with Crippen LogP contribution in [-0.2, 0) is 14.9 Å². The first kappa shape index (κ1) is 22.4. The van der Waals surface area contributed by atoms with E-state index in [4.69, 9.17) is 16.3 Å². The molecule has 2 aliphatic heterocycles. The van der Waals surface area contributed by atoms with E-state index in [1.54, 1.807) is 0 Å². The third-order valence-electron chi connectivity index (χ3n) is 7.23. The van der Waals surface area contributed by atoms with Gasteiger partial charge in [0.15, 0.2) is 0 Å². The third-order valence-corrected chi connectivity index (χ3v) is 7.48. The normalized spacial score (nSPS) is 22.7. The van der Waals surface area contributed by atoms with Crippen LogP contribution in [0.25, 0.3) is 0 Å². The van der Waals surface area contributed by atoms with Crippen molar-refractivity contribution in [1.29, 1.82) is 0 Å². The van der Waals surface area contributed by atoms with Crippen LogP contribution < -0.4 is 10.6 Å². The van der Waals surface area contributed by atoms with Crippen LogP contribution in [-0.4, -0.2) is 55.2 Å². The van der Waals surface area contributed by atoms with Crippen molar-refractivity contribution in [3.8, 4) is 0 Å². The fourth-order valence-corrected chi connectivity index (χ4v) is 5.32. The highest BCUT2D eigenvalue weighted by molar-refractivity contribution is 6.30. The Labute approximate surface area is 190 Å². The molecule has 4 rings (SSSR count). The van der Waals surface area contributed by atoms with E-state index in [0.717, 1.165) is 31.2 Å². The van der Waals surface area contributed by atoms with Gasteiger partial charge in [0, 0.05) is 43.4 Å². The number of halogens is 1. The fourth-order valence-electron chi connectivity index (χ4n) is 5.20. The highest BCUT2D eigenvalue weighted by atomic mass is 35.5. The number of benzene rings is 1. The average Bonchev–Trinajstić information content (AvgIpc) is 2.81. The molecule has 1 aromatic rings. The second-order valence-corrected chi connectivity index (χ2v) is 9.66. The number of carbonyl (C=O) groups excluding carboxylic acids is 2. The lowest BCUT2D eigenvalue weighted by Crippen LogP contribution is -2.55. The van der Waals surface area contributed by atoms with Crippen LogP contribution in [0.4, 0.5) is 4.79 Å². The molecule has 3 aliphatic rings. The van der Waals surface area contributed by atoms with Gasteiger partial charge in [0.25, 0.3) is 0 Å². The molecule has 0 aromatic heterocycles. The zero-order valence-corrected chi connectivity index (χ0v) is 19.0. The van der Waals surface area contributed by atoms with Gasteiger partial charge in [-0.25, -0.2) is 4.79 Å². The first-order valence-electron chi connectivity index (χ1n) is 11.8. The summed E-state index contributed by atoms with van der Waals surface area (Å²) in [6, 6.07) is 8.11. The summed E-state index contributed by atoms with van der Waals surface area (Å²) < 4.78 is 5.56.